The Morgan fingerprint density at radius 1 is 1.39 bits per heavy atom. The van der Waals surface area contributed by atoms with E-state index in [9.17, 15) is 27.7 Å². The van der Waals surface area contributed by atoms with Crippen molar-refractivity contribution in [3.63, 3.8) is 0 Å². The maximum Gasteiger partial charge on any atom is 0.407 e. The molecule has 158 valence electrons. The second-order valence-electron chi connectivity index (χ2n) is 7.05. The van der Waals surface area contributed by atoms with Gasteiger partial charge in [0, 0.05) is 25.7 Å². The highest BCUT2D eigenvalue weighted by atomic mass is 32.2. The van der Waals surface area contributed by atoms with Gasteiger partial charge in [0.25, 0.3) is 0 Å². The van der Waals surface area contributed by atoms with Gasteiger partial charge in [0.15, 0.2) is 5.82 Å². The maximum absolute atomic E-state index is 14.1. The van der Waals surface area contributed by atoms with E-state index in [0.717, 1.165) is 17.5 Å². The number of alkyl carbamates (subject to hydrolysis) is 1. The summed E-state index contributed by atoms with van der Waals surface area (Å²) in [5, 5.41) is 13.6. The molecule has 0 heterocycles. The summed E-state index contributed by atoms with van der Waals surface area (Å²) in [4.78, 5) is 21.3. The number of halogens is 1. The third-order valence-electron chi connectivity index (χ3n) is 3.40. The van der Waals surface area contributed by atoms with Crippen molar-refractivity contribution in [3.05, 3.63) is 28.1 Å². The summed E-state index contributed by atoms with van der Waals surface area (Å²) in [6, 6.07) is 0.719. The standard InChI is InChI=1S/C16H24FN3O7S/c1-10(18-15(21)27-16(2,3)4)9-19(5)28(24,25)11-7-12(17)14(26-6)13(8-11)20(22)23/h7-8,10H,9H2,1-6H3,(H,18,21). The number of amides is 1. The minimum Gasteiger partial charge on any atom is -0.488 e. The number of rotatable bonds is 7. The van der Waals surface area contributed by atoms with Gasteiger partial charge in [0.05, 0.1) is 16.9 Å². The predicted octanol–water partition coefficient (Wildman–Crippen LogP) is 2.28. The number of hydrogen-bond donors (Lipinski definition) is 1. The van der Waals surface area contributed by atoms with E-state index in [2.05, 4.69) is 10.1 Å². The van der Waals surface area contributed by atoms with Gasteiger partial charge < -0.3 is 14.8 Å². The Labute approximate surface area is 162 Å². The first kappa shape index (κ1) is 23.6. The summed E-state index contributed by atoms with van der Waals surface area (Å²) in [6.07, 6.45) is -0.725. The van der Waals surface area contributed by atoms with E-state index in [1.807, 2.05) is 0 Å². The minimum absolute atomic E-state index is 0.178. The number of nitro groups is 1. The molecule has 0 aliphatic rings. The van der Waals surface area contributed by atoms with Crippen molar-refractivity contribution in [1.82, 2.24) is 9.62 Å². The van der Waals surface area contributed by atoms with Crippen LogP contribution in [0.15, 0.2) is 17.0 Å². The fourth-order valence-corrected chi connectivity index (χ4v) is 3.55. The summed E-state index contributed by atoms with van der Waals surface area (Å²) < 4.78 is 50.0. The van der Waals surface area contributed by atoms with Crippen molar-refractivity contribution in [1.29, 1.82) is 0 Å². The van der Waals surface area contributed by atoms with E-state index in [1.165, 1.54) is 7.05 Å². The molecule has 0 aromatic heterocycles. The van der Waals surface area contributed by atoms with Crippen LogP contribution < -0.4 is 10.1 Å². The van der Waals surface area contributed by atoms with Crippen LogP contribution in [0.4, 0.5) is 14.9 Å². The molecule has 1 rings (SSSR count). The molecule has 1 unspecified atom stereocenters. The summed E-state index contributed by atoms with van der Waals surface area (Å²) in [7, 11) is -2.02. The van der Waals surface area contributed by atoms with Crippen LogP contribution in [0.1, 0.15) is 27.7 Å². The molecule has 1 amide bonds. The van der Waals surface area contributed by atoms with Crippen molar-refractivity contribution >= 4 is 21.8 Å². The summed E-state index contributed by atoms with van der Waals surface area (Å²) in [6.45, 7) is 6.41. The Bertz CT molecular complexity index is 853. The number of ether oxygens (including phenoxy) is 2. The number of hydrogen-bond acceptors (Lipinski definition) is 7. The molecular formula is C16H24FN3O7S. The number of carbonyl (C=O) groups is 1. The SMILES string of the molecule is COc1c(F)cc(S(=O)(=O)N(C)CC(C)NC(=O)OC(C)(C)C)cc1[N+](=O)[O-]. The highest BCUT2D eigenvalue weighted by Gasteiger charge is 2.30. The van der Waals surface area contributed by atoms with Crippen LogP contribution in [-0.2, 0) is 14.8 Å². The molecule has 0 radical (unpaired) electrons. The molecule has 0 bridgehead atoms. The van der Waals surface area contributed by atoms with Gasteiger partial charge in [0.2, 0.25) is 15.8 Å². The first-order chi connectivity index (χ1) is 12.7. The number of methoxy groups -OCH3 is 1. The number of nitro benzene ring substituents is 1. The molecule has 0 fully saturated rings. The molecule has 1 atom stereocenters. The van der Waals surface area contributed by atoms with Crippen LogP contribution in [0.3, 0.4) is 0 Å². The van der Waals surface area contributed by atoms with Crippen LogP contribution in [-0.4, -0.2) is 56.1 Å². The molecule has 10 nitrogen and oxygen atoms in total. The fourth-order valence-electron chi connectivity index (χ4n) is 2.26. The van der Waals surface area contributed by atoms with Crippen molar-refractivity contribution in [2.75, 3.05) is 20.7 Å². The largest absolute Gasteiger partial charge is 0.488 e. The fraction of sp³-hybridized carbons (Fsp3) is 0.562. The zero-order valence-electron chi connectivity index (χ0n) is 16.5. The number of likely N-dealkylation sites (N-methyl/N-ethyl adjacent to an activating group) is 1. The predicted molar refractivity (Wildman–Crippen MR) is 98.3 cm³/mol. The number of carbonyl (C=O) groups excluding carboxylic acids is 1. The van der Waals surface area contributed by atoms with Crippen molar-refractivity contribution in [3.8, 4) is 5.75 Å². The molecule has 12 heteroatoms. The zero-order valence-corrected chi connectivity index (χ0v) is 17.3. The highest BCUT2D eigenvalue weighted by molar-refractivity contribution is 7.89. The smallest absolute Gasteiger partial charge is 0.407 e. The van der Waals surface area contributed by atoms with E-state index < -0.39 is 54.8 Å². The van der Waals surface area contributed by atoms with Crippen molar-refractivity contribution in [2.24, 2.45) is 0 Å². The monoisotopic (exact) mass is 421 g/mol. The summed E-state index contributed by atoms with van der Waals surface area (Å²) >= 11 is 0. The summed E-state index contributed by atoms with van der Waals surface area (Å²) in [5.41, 5.74) is -1.53. The highest BCUT2D eigenvalue weighted by Crippen LogP contribution is 2.33. The molecule has 1 aromatic carbocycles. The Balaban J connectivity index is 3.03. The van der Waals surface area contributed by atoms with Crippen LogP contribution in [0.5, 0.6) is 5.75 Å². The van der Waals surface area contributed by atoms with Crippen LogP contribution in [0.2, 0.25) is 0 Å². The number of benzene rings is 1. The van der Waals surface area contributed by atoms with Crippen molar-refractivity contribution in [2.45, 2.75) is 44.2 Å². The Hall–Kier alpha value is -2.47. The van der Waals surface area contributed by atoms with Gasteiger partial charge in [0.1, 0.15) is 5.60 Å². The number of nitrogens with zero attached hydrogens (tertiary/aromatic N) is 2. The third kappa shape index (κ3) is 6.02. The second kappa shape index (κ2) is 8.69. The molecule has 0 saturated carbocycles. The molecule has 0 aliphatic heterocycles. The molecule has 0 spiro atoms. The number of nitrogens with one attached hydrogen (secondary N) is 1. The van der Waals surface area contributed by atoms with E-state index in [1.54, 1.807) is 27.7 Å². The summed E-state index contributed by atoms with van der Waals surface area (Å²) in [5.74, 6) is -1.84. The molecule has 1 N–H and O–H groups in total. The minimum atomic E-state index is -4.27. The third-order valence-corrected chi connectivity index (χ3v) is 5.20. The lowest BCUT2D eigenvalue weighted by atomic mass is 10.2. The van der Waals surface area contributed by atoms with Gasteiger partial charge in [-0.3, -0.25) is 10.1 Å². The maximum atomic E-state index is 14.1. The Morgan fingerprint density at radius 3 is 2.43 bits per heavy atom. The zero-order chi connectivity index (χ0) is 21.9. The Kier molecular flexibility index (Phi) is 7.32. The van der Waals surface area contributed by atoms with E-state index in [-0.39, 0.29) is 6.54 Å². The molecule has 0 aliphatic carbocycles. The molecule has 0 saturated heterocycles. The first-order valence-electron chi connectivity index (χ1n) is 8.16. The van der Waals surface area contributed by atoms with Gasteiger partial charge in [-0.1, -0.05) is 0 Å². The van der Waals surface area contributed by atoms with Crippen LogP contribution in [0, 0.1) is 15.9 Å². The second-order valence-corrected chi connectivity index (χ2v) is 9.09. The van der Waals surface area contributed by atoms with Crippen molar-refractivity contribution < 1.29 is 32.0 Å². The van der Waals surface area contributed by atoms with Gasteiger partial charge in [-0.15, -0.1) is 0 Å². The van der Waals surface area contributed by atoms with Gasteiger partial charge in [-0.2, -0.15) is 4.31 Å². The lowest BCUT2D eigenvalue weighted by Crippen LogP contribution is -2.44. The average Bonchev–Trinajstić information content (AvgIpc) is 2.51. The molecular weight excluding hydrogens is 397 g/mol. The van der Waals surface area contributed by atoms with Gasteiger partial charge >= 0.3 is 11.8 Å². The Morgan fingerprint density at radius 2 is 1.96 bits per heavy atom. The lowest BCUT2D eigenvalue weighted by Gasteiger charge is -2.24. The van der Waals surface area contributed by atoms with E-state index in [0.29, 0.717) is 6.07 Å². The van der Waals surface area contributed by atoms with Gasteiger partial charge in [-0.25, -0.2) is 17.6 Å². The van der Waals surface area contributed by atoms with Crippen LogP contribution >= 0.6 is 0 Å². The number of sulfonamides is 1. The topological polar surface area (TPSA) is 128 Å². The van der Waals surface area contributed by atoms with E-state index in [4.69, 9.17) is 4.74 Å². The normalized spacial score (nSPS) is 13.1. The average molecular weight is 421 g/mol. The van der Waals surface area contributed by atoms with Crippen LogP contribution in [0.25, 0.3) is 0 Å². The van der Waals surface area contributed by atoms with Gasteiger partial charge in [-0.05, 0) is 33.8 Å². The lowest BCUT2D eigenvalue weighted by molar-refractivity contribution is -0.386. The first-order valence-corrected chi connectivity index (χ1v) is 9.60. The van der Waals surface area contributed by atoms with E-state index >= 15 is 0 Å². The quantitative estimate of drug-likeness (QED) is 0.528. The molecule has 1 aromatic rings. The molecule has 28 heavy (non-hydrogen) atoms.